The second-order valence-corrected chi connectivity index (χ2v) is 7.44. The third kappa shape index (κ3) is 3.44. The van der Waals surface area contributed by atoms with Crippen LogP contribution in [0, 0.1) is 0 Å². The second kappa shape index (κ2) is 7.58. The Balaban J connectivity index is 1.57. The molecule has 4 rings (SSSR count). The molecule has 150 valence electrons. The van der Waals surface area contributed by atoms with Gasteiger partial charge in [-0.3, -0.25) is 4.79 Å². The summed E-state index contributed by atoms with van der Waals surface area (Å²) in [5.41, 5.74) is 2.94. The molecule has 0 spiro atoms. The first-order valence-electron chi connectivity index (χ1n) is 9.61. The van der Waals surface area contributed by atoms with E-state index < -0.39 is 12.0 Å². The number of fused-ring (bicyclic) bond motifs is 3. The molecule has 2 aliphatic rings. The first-order valence-corrected chi connectivity index (χ1v) is 9.61. The van der Waals surface area contributed by atoms with E-state index in [1.165, 1.54) is 17.6 Å². The number of hydrogen-bond acceptors (Lipinski definition) is 4. The largest absolute Gasteiger partial charge is 0.465 e. The van der Waals surface area contributed by atoms with E-state index in [4.69, 9.17) is 4.74 Å². The number of hydrogen-bond donors (Lipinski definition) is 1. The molecule has 2 aromatic carbocycles. The van der Waals surface area contributed by atoms with Crippen molar-refractivity contribution < 1.29 is 19.1 Å². The van der Waals surface area contributed by atoms with Crippen molar-refractivity contribution in [1.29, 1.82) is 0 Å². The maximum absolute atomic E-state index is 12.9. The smallest absolute Gasteiger partial charge is 0.339 e. The van der Waals surface area contributed by atoms with Crippen molar-refractivity contribution in [2.24, 2.45) is 0 Å². The molecular weight excluding hydrogens is 370 g/mol. The average Bonchev–Trinajstić information content (AvgIpc) is 2.74. The summed E-state index contributed by atoms with van der Waals surface area (Å²) < 4.78 is 4.78. The highest BCUT2D eigenvalue weighted by Crippen LogP contribution is 2.38. The Bertz CT molecular complexity index is 974. The van der Waals surface area contributed by atoms with Crippen molar-refractivity contribution in [3.05, 3.63) is 65.2 Å². The zero-order valence-electron chi connectivity index (χ0n) is 16.4. The lowest BCUT2D eigenvalue weighted by atomic mass is 9.85. The highest BCUT2D eigenvalue weighted by Gasteiger charge is 2.40. The average molecular weight is 393 g/mol. The summed E-state index contributed by atoms with van der Waals surface area (Å²) in [7, 11) is 1.29. The van der Waals surface area contributed by atoms with Crippen LogP contribution in [0.25, 0.3) is 0 Å². The quantitative estimate of drug-likeness (QED) is 0.796. The third-order valence-electron chi connectivity index (χ3n) is 5.63. The maximum atomic E-state index is 12.9. The molecular formula is C22H23N3O4. The Hall–Kier alpha value is -3.35. The molecule has 1 fully saturated rings. The predicted octanol–water partition coefficient (Wildman–Crippen LogP) is 3.01. The molecule has 7 nitrogen and oxygen atoms in total. The van der Waals surface area contributed by atoms with E-state index in [2.05, 4.69) is 18.3 Å². The Morgan fingerprint density at radius 2 is 1.72 bits per heavy atom. The van der Waals surface area contributed by atoms with E-state index in [0.29, 0.717) is 18.8 Å². The molecule has 29 heavy (non-hydrogen) atoms. The van der Waals surface area contributed by atoms with E-state index >= 15 is 0 Å². The third-order valence-corrected chi connectivity index (χ3v) is 5.63. The van der Waals surface area contributed by atoms with Gasteiger partial charge in [-0.05, 0) is 29.2 Å². The fourth-order valence-corrected chi connectivity index (χ4v) is 4.18. The first kappa shape index (κ1) is 19.0. The first-order chi connectivity index (χ1) is 14.0. The van der Waals surface area contributed by atoms with Crippen molar-refractivity contribution >= 4 is 23.6 Å². The van der Waals surface area contributed by atoms with Gasteiger partial charge in [-0.15, -0.1) is 0 Å². The van der Waals surface area contributed by atoms with E-state index in [1.54, 1.807) is 24.3 Å². The van der Waals surface area contributed by atoms with E-state index in [-0.39, 0.29) is 30.0 Å². The SMILES string of the molecule is COC(=O)c1ccccc1NC(=O)N1CC(=O)N2CC(C)c3ccccc3C2C1. The van der Waals surface area contributed by atoms with Crippen molar-refractivity contribution in [3.8, 4) is 0 Å². The molecule has 2 atom stereocenters. The van der Waals surface area contributed by atoms with Crippen molar-refractivity contribution in [2.45, 2.75) is 18.9 Å². The number of benzene rings is 2. The zero-order valence-corrected chi connectivity index (χ0v) is 16.4. The van der Waals surface area contributed by atoms with Gasteiger partial charge in [-0.1, -0.05) is 43.3 Å². The fraction of sp³-hybridized carbons (Fsp3) is 0.318. The number of methoxy groups -OCH3 is 1. The number of anilines is 1. The highest BCUT2D eigenvalue weighted by atomic mass is 16.5. The molecule has 3 amide bonds. The molecule has 0 bridgehead atoms. The van der Waals surface area contributed by atoms with Gasteiger partial charge in [-0.25, -0.2) is 9.59 Å². The second-order valence-electron chi connectivity index (χ2n) is 7.44. The summed E-state index contributed by atoms with van der Waals surface area (Å²) in [5.74, 6) is -0.338. The standard InChI is InChI=1S/C22H23N3O4/c1-14-11-25-19(16-8-4-3-7-15(14)16)12-24(13-20(25)26)22(28)23-18-10-6-5-9-17(18)21(27)29-2/h3-10,14,19H,11-13H2,1-2H3,(H,23,28). The lowest BCUT2D eigenvalue weighted by molar-refractivity contribution is -0.139. The monoisotopic (exact) mass is 393 g/mol. The van der Waals surface area contributed by atoms with E-state index in [0.717, 1.165) is 5.56 Å². The number of nitrogens with zero attached hydrogens (tertiary/aromatic N) is 2. The van der Waals surface area contributed by atoms with Gasteiger partial charge in [0, 0.05) is 13.1 Å². The summed E-state index contributed by atoms with van der Waals surface area (Å²) in [6.45, 7) is 3.19. The summed E-state index contributed by atoms with van der Waals surface area (Å²) in [6.07, 6.45) is 0. The number of nitrogens with one attached hydrogen (secondary N) is 1. The van der Waals surface area contributed by atoms with Gasteiger partial charge >= 0.3 is 12.0 Å². The van der Waals surface area contributed by atoms with Crippen LogP contribution >= 0.6 is 0 Å². The lowest BCUT2D eigenvalue weighted by Gasteiger charge is -2.46. The van der Waals surface area contributed by atoms with Crippen LogP contribution in [0.1, 0.15) is 40.4 Å². The topological polar surface area (TPSA) is 79.0 Å². The molecule has 0 saturated carbocycles. The van der Waals surface area contributed by atoms with Gasteiger partial charge in [0.05, 0.1) is 24.4 Å². The number of carbonyl (C=O) groups is 3. The van der Waals surface area contributed by atoms with Gasteiger partial charge in [0.1, 0.15) is 6.54 Å². The summed E-state index contributed by atoms with van der Waals surface area (Å²) >= 11 is 0. The van der Waals surface area contributed by atoms with Crippen molar-refractivity contribution in [2.75, 3.05) is 32.1 Å². The Morgan fingerprint density at radius 1 is 1.03 bits per heavy atom. The number of piperazine rings is 1. The van der Waals surface area contributed by atoms with E-state index in [1.807, 2.05) is 23.1 Å². The number of esters is 1. The number of ether oxygens (including phenoxy) is 1. The van der Waals surface area contributed by atoms with Gasteiger partial charge < -0.3 is 19.9 Å². The molecule has 0 radical (unpaired) electrons. The molecule has 2 aliphatic heterocycles. The van der Waals surface area contributed by atoms with Gasteiger partial charge in [0.2, 0.25) is 5.91 Å². The molecule has 0 aromatic heterocycles. The molecule has 7 heteroatoms. The van der Waals surface area contributed by atoms with Crippen LogP contribution in [0.2, 0.25) is 0 Å². The van der Waals surface area contributed by atoms with Gasteiger partial charge in [-0.2, -0.15) is 0 Å². The Kier molecular flexibility index (Phi) is 4.96. The number of rotatable bonds is 2. The minimum absolute atomic E-state index is 0.0115. The number of urea groups is 1. The maximum Gasteiger partial charge on any atom is 0.339 e. The molecule has 2 heterocycles. The summed E-state index contributed by atoms with van der Waals surface area (Å²) in [5, 5.41) is 2.76. The van der Waals surface area contributed by atoms with Crippen LogP contribution in [0.4, 0.5) is 10.5 Å². The minimum Gasteiger partial charge on any atom is -0.465 e. The molecule has 1 saturated heterocycles. The van der Waals surface area contributed by atoms with Crippen molar-refractivity contribution in [1.82, 2.24) is 9.80 Å². The summed E-state index contributed by atoms with van der Waals surface area (Å²) in [6, 6.07) is 14.2. The Labute approximate surface area is 169 Å². The fourth-order valence-electron chi connectivity index (χ4n) is 4.18. The number of para-hydroxylation sites is 1. The van der Waals surface area contributed by atoms with Gasteiger partial charge in [0.25, 0.3) is 0 Å². The lowest BCUT2D eigenvalue weighted by Crippen LogP contribution is -2.56. The van der Waals surface area contributed by atoms with Crippen LogP contribution in [0.15, 0.2) is 48.5 Å². The van der Waals surface area contributed by atoms with Crippen LogP contribution in [0.3, 0.4) is 0 Å². The van der Waals surface area contributed by atoms with Crippen LogP contribution < -0.4 is 5.32 Å². The molecule has 1 N–H and O–H groups in total. The summed E-state index contributed by atoms with van der Waals surface area (Å²) in [4.78, 5) is 41.1. The molecule has 2 aromatic rings. The van der Waals surface area contributed by atoms with Crippen LogP contribution in [-0.4, -0.2) is 54.5 Å². The molecule has 0 aliphatic carbocycles. The van der Waals surface area contributed by atoms with Crippen molar-refractivity contribution in [3.63, 3.8) is 0 Å². The Morgan fingerprint density at radius 3 is 2.48 bits per heavy atom. The normalized spacial score (nSPS) is 20.6. The number of amides is 3. The van der Waals surface area contributed by atoms with Gasteiger partial charge in [0.15, 0.2) is 0 Å². The predicted molar refractivity (Wildman–Crippen MR) is 108 cm³/mol. The minimum atomic E-state index is -0.531. The molecule has 2 unspecified atom stereocenters. The zero-order chi connectivity index (χ0) is 20.5. The van der Waals surface area contributed by atoms with E-state index in [9.17, 15) is 14.4 Å². The van der Waals surface area contributed by atoms with Crippen LogP contribution in [0.5, 0.6) is 0 Å². The number of carbonyl (C=O) groups excluding carboxylic acids is 3. The van der Waals surface area contributed by atoms with Crippen LogP contribution in [-0.2, 0) is 9.53 Å². The highest BCUT2D eigenvalue weighted by molar-refractivity contribution is 6.01.